The molecule has 3 aromatic rings. The summed E-state index contributed by atoms with van der Waals surface area (Å²) in [6, 6.07) is 13.5. The van der Waals surface area contributed by atoms with Crippen molar-refractivity contribution in [3.63, 3.8) is 0 Å². The molecule has 1 aromatic heterocycles. The molecule has 1 fully saturated rings. The molecule has 0 atom stereocenters. The van der Waals surface area contributed by atoms with Crippen molar-refractivity contribution in [2.45, 2.75) is 31.7 Å². The van der Waals surface area contributed by atoms with Crippen molar-refractivity contribution in [3.05, 3.63) is 59.0 Å². The van der Waals surface area contributed by atoms with E-state index in [1.165, 1.54) is 19.1 Å². The minimum atomic E-state index is -0.0519. The predicted octanol–water partition coefficient (Wildman–Crippen LogP) is 4.31. The number of hydrogen-bond acceptors (Lipinski definition) is 6. The van der Waals surface area contributed by atoms with Gasteiger partial charge >= 0.3 is 0 Å². The third kappa shape index (κ3) is 5.31. The Morgan fingerprint density at radius 1 is 1.06 bits per heavy atom. The Bertz CT molecular complexity index is 1070. The first-order valence-electron chi connectivity index (χ1n) is 11.4. The number of nitrogens with one attached hydrogen (secondary N) is 1. The van der Waals surface area contributed by atoms with Crippen molar-refractivity contribution in [1.82, 2.24) is 10.2 Å². The molecule has 0 radical (unpaired) electrons. The molecule has 1 N–H and O–H groups in total. The first-order chi connectivity index (χ1) is 15.7. The fourth-order valence-electron chi connectivity index (χ4n) is 4.25. The molecular formula is C26H32N2O4. The molecule has 0 spiro atoms. The monoisotopic (exact) mass is 436 g/mol. The van der Waals surface area contributed by atoms with E-state index in [1.807, 2.05) is 30.3 Å². The number of hydrogen-bond donors (Lipinski definition) is 1. The Labute approximate surface area is 189 Å². The van der Waals surface area contributed by atoms with Crippen LogP contribution in [0.15, 0.2) is 57.9 Å². The summed E-state index contributed by atoms with van der Waals surface area (Å²) in [5, 5.41) is 3.97. The van der Waals surface area contributed by atoms with Crippen LogP contribution in [0.1, 0.15) is 25.7 Å². The third-order valence-corrected chi connectivity index (χ3v) is 6.25. The zero-order valence-corrected chi connectivity index (χ0v) is 18.9. The van der Waals surface area contributed by atoms with E-state index in [-0.39, 0.29) is 5.43 Å². The van der Waals surface area contributed by atoms with Gasteiger partial charge in [0.15, 0.2) is 5.43 Å². The van der Waals surface area contributed by atoms with Crippen molar-refractivity contribution in [2.75, 3.05) is 40.4 Å². The van der Waals surface area contributed by atoms with Gasteiger partial charge in [0.05, 0.1) is 24.7 Å². The van der Waals surface area contributed by atoms with E-state index in [0.29, 0.717) is 29.2 Å². The first kappa shape index (κ1) is 22.4. The Morgan fingerprint density at radius 2 is 1.81 bits per heavy atom. The second kappa shape index (κ2) is 10.7. The standard InChI is InChI=1S/C26H32N2O4/c1-28(20-11-13-27-14-12-20)15-3-4-16-31-22-9-10-23-25(17-22)32-18-24(26(23)29)19-5-7-21(30-2)8-6-19/h5-10,17-18,20,27H,3-4,11-16H2,1-2H3. The van der Waals surface area contributed by atoms with Gasteiger partial charge in [-0.15, -0.1) is 0 Å². The van der Waals surface area contributed by atoms with Crippen LogP contribution < -0.4 is 20.2 Å². The lowest BCUT2D eigenvalue weighted by Gasteiger charge is -2.31. The Kier molecular flexibility index (Phi) is 7.45. The SMILES string of the molecule is COc1ccc(-c2coc3cc(OCCCCN(C)C4CCNCC4)ccc3c2=O)cc1. The number of ether oxygens (including phenoxy) is 2. The summed E-state index contributed by atoms with van der Waals surface area (Å²) in [7, 11) is 3.84. The van der Waals surface area contributed by atoms with E-state index in [9.17, 15) is 4.79 Å². The largest absolute Gasteiger partial charge is 0.497 e. The molecule has 2 aromatic carbocycles. The average Bonchev–Trinajstić information content (AvgIpc) is 2.84. The summed E-state index contributed by atoms with van der Waals surface area (Å²) >= 11 is 0. The summed E-state index contributed by atoms with van der Waals surface area (Å²) in [4.78, 5) is 15.4. The number of benzene rings is 2. The van der Waals surface area contributed by atoms with Gasteiger partial charge in [-0.1, -0.05) is 12.1 Å². The third-order valence-electron chi connectivity index (χ3n) is 6.25. The van der Waals surface area contributed by atoms with E-state index in [4.69, 9.17) is 13.9 Å². The number of rotatable bonds is 9. The molecule has 1 aliphatic heterocycles. The van der Waals surface area contributed by atoms with Gasteiger partial charge in [0.2, 0.25) is 0 Å². The van der Waals surface area contributed by atoms with Crippen LogP contribution in [0.4, 0.5) is 0 Å². The van der Waals surface area contributed by atoms with Crippen LogP contribution in [-0.2, 0) is 0 Å². The summed E-state index contributed by atoms with van der Waals surface area (Å²) in [5.74, 6) is 1.48. The van der Waals surface area contributed by atoms with Crippen LogP contribution in [0.2, 0.25) is 0 Å². The van der Waals surface area contributed by atoms with Gasteiger partial charge in [-0.25, -0.2) is 0 Å². The summed E-state index contributed by atoms with van der Waals surface area (Å²) < 4.78 is 16.9. The molecule has 0 unspecified atom stereocenters. The van der Waals surface area contributed by atoms with Gasteiger partial charge in [-0.05, 0) is 82.2 Å². The quantitative estimate of drug-likeness (QED) is 0.504. The predicted molar refractivity (Wildman–Crippen MR) is 128 cm³/mol. The number of piperidine rings is 1. The van der Waals surface area contributed by atoms with E-state index in [0.717, 1.165) is 49.5 Å². The lowest BCUT2D eigenvalue weighted by molar-refractivity contribution is 0.190. The molecule has 0 saturated carbocycles. The van der Waals surface area contributed by atoms with Crippen molar-refractivity contribution in [2.24, 2.45) is 0 Å². The molecular weight excluding hydrogens is 404 g/mol. The van der Waals surface area contributed by atoms with Crippen LogP contribution in [-0.4, -0.2) is 51.3 Å². The highest BCUT2D eigenvalue weighted by molar-refractivity contribution is 5.82. The zero-order chi connectivity index (χ0) is 22.3. The molecule has 170 valence electrons. The summed E-state index contributed by atoms with van der Waals surface area (Å²) in [6.07, 6.45) is 6.08. The van der Waals surface area contributed by atoms with Crippen molar-refractivity contribution >= 4 is 11.0 Å². The minimum absolute atomic E-state index is 0.0519. The van der Waals surface area contributed by atoms with Crippen LogP contribution >= 0.6 is 0 Å². The molecule has 2 heterocycles. The smallest absolute Gasteiger partial charge is 0.200 e. The number of nitrogens with zero attached hydrogens (tertiary/aromatic N) is 1. The molecule has 6 heteroatoms. The molecule has 0 amide bonds. The number of fused-ring (bicyclic) bond motifs is 1. The van der Waals surface area contributed by atoms with Crippen LogP contribution in [0.25, 0.3) is 22.1 Å². The number of methoxy groups -OCH3 is 1. The lowest BCUT2D eigenvalue weighted by Crippen LogP contribution is -2.41. The van der Waals surface area contributed by atoms with Crippen LogP contribution in [0.5, 0.6) is 11.5 Å². The maximum Gasteiger partial charge on any atom is 0.200 e. The van der Waals surface area contributed by atoms with Crippen molar-refractivity contribution in [3.8, 4) is 22.6 Å². The van der Waals surface area contributed by atoms with Crippen LogP contribution in [0, 0.1) is 0 Å². The molecule has 6 nitrogen and oxygen atoms in total. The first-order valence-corrected chi connectivity index (χ1v) is 11.4. The molecule has 0 bridgehead atoms. The topological polar surface area (TPSA) is 63.9 Å². The zero-order valence-electron chi connectivity index (χ0n) is 18.9. The van der Waals surface area contributed by atoms with E-state index < -0.39 is 0 Å². The van der Waals surface area contributed by atoms with Gasteiger partial charge < -0.3 is 24.1 Å². The Morgan fingerprint density at radius 3 is 2.56 bits per heavy atom. The van der Waals surface area contributed by atoms with E-state index in [1.54, 1.807) is 19.2 Å². The second-order valence-corrected chi connectivity index (χ2v) is 8.38. The molecule has 4 rings (SSSR count). The summed E-state index contributed by atoms with van der Waals surface area (Å²) in [6.45, 7) is 3.99. The van der Waals surface area contributed by atoms with Gasteiger partial charge in [0, 0.05) is 12.1 Å². The van der Waals surface area contributed by atoms with Gasteiger partial charge in [-0.2, -0.15) is 0 Å². The average molecular weight is 437 g/mol. The maximum atomic E-state index is 12.9. The Hall–Kier alpha value is -2.83. The van der Waals surface area contributed by atoms with E-state index in [2.05, 4.69) is 17.3 Å². The Balaban J connectivity index is 1.33. The fourth-order valence-corrected chi connectivity index (χ4v) is 4.25. The van der Waals surface area contributed by atoms with Crippen molar-refractivity contribution in [1.29, 1.82) is 0 Å². The van der Waals surface area contributed by atoms with Crippen molar-refractivity contribution < 1.29 is 13.9 Å². The number of unbranched alkanes of at least 4 members (excludes halogenated alkanes) is 1. The highest BCUT2D eigenvalue weighted by atomic mass is 16.5. The molecule has 1 aliphatic rings. The van der Waals surface area contributed by atoms with Gasteiger partial charge in [0.1, 0.15) is 23.3 Å². The molecule has 0 aliphatic carbocycles. The molecule has 1 saturated heterocycles. The normalized spacial score (nSPS) is 14.7. The highest BCUT2D eigenvalue weighted by Crippen LogP contribution is 2.24. The highest BCUT2D eigenvalue weighted by Gasteiger charge is 2.17. The lowest BCUT2D eigenvalue weighted by atomic mass is 10.1. The molecule has 32 heavy (non-hydrogen) atoms. The van der Waals surface area contributed by atoms with E-state index >= 15 is 0 Å². The van der Waals surface area contributed by atoms with Crippen LogP contribution in [0.3, 0.4) is 0 Å². The van der Waals surface area contributed by atoms with Gasteiger partial charge in [0.25, 0.3) is 0 Å². The fraction of sp³-hybridized carbons (Fsp3) is 0.423. The second-order valence-electron chi connectivity index (χ2n) is 8.38. The minimum Gasteiger partial charge on any atom is -0.497 e. The maximum absolute atomic E-state index is 12.9. The van der Waals surface area contributed by atoms with Gasteiger partial charge in [-0.3, -0.25) is 4.79 Å². The summed E-state index contributed by atoms with van der Waals surface area (Å²) in [5.41, 5.74) is 1.82.